The summed E-state index contributed by atoms with van der Waals surface area (Å²) in [7, 11) is 0. The van der Waals surface area contributed by atoms with Crippen molar-refractivity contribution in [1.29, 1.82) is 0 Å². The van der Waals surface area contributed by atoms with Gasteiger partial charge >= 0.3 is 0 Å². The highest BCUT2D eigenvalue weighted by atomic mass is 15.3. The van der Waals surface area contributed by atoms with Crippen molar-refractivity contribution in [2.45, 2.75) is 57.3 Å². The molecule has 3 aliphatic heterocycles. The second-order valence-corrected chi connectivity index (χ2v) is 4.68. The van der Waals surface area contributed by atoms with Crippen molar-refractivity contribution in [2.24, 2.45) is 0 Å². The van der Waals surface area contributed by atoms with E-state index in [1.807, 2.05) is 0 Å². The number of piperidine rings is 2. The number of fused-ring (bicyclic) bond motifs is 3. The van der Waals surface area contributed by atoms with Gasteiger partial charge in [0.05, 0.1) is 0 Å². The molecule has 2 heteroatoms. The van der Waals surface area contributed by atoms with E-state index in [1.54, 1.807) is 0 Å². The van der Waals surface area contributed by atoms with Crippen LogP contribution in [-0.2, 0) is 0 Å². The number of nitrogens with one attached hydrogen (secondary N) is 1. The predicted molar refractivity (Wildman–Crippen MR) is 60.4 cm³/mol. The lowest BCUT2D eigenvalue weighted by Crippen LogP contribution is -2.67. The first-order chi connectivity index (χ1) is 6.77. The maximum atomic E-state index is 3.99. The van der Waals surface area contributed by atoms with Gasteiger partial charge in [-0.15, -0.1) is 6.58 Å². The summed E-state index contributed by atoms with van der Waals surface area (Å²) in [5.74, 6) is 0. The first kappa shape index (κ1) is 10.2. The Labute approximate surface area is 87.4 Å². The number of rotatable bonds is 3. The van der Waals surface area contributed by atoms with Crippen LogP contribution in [0.4, 0.5) is 0 Å². The van der Waals surface area contributed by atoms with E-state index in [9.17, 15) is 0 Å². The van der Waals surface area contributed by atoms with Crippen LogP contribution < -0.4 is 5.32 Å². The van der Waals surface area contributed by atoms with E-state index in [4.69, 9.17) is 0 Å². The van der Waals surface area contributed by atoms with Crippen LogP contribution in [0.1, 0.15) is 33.1 Å². The summed E-state index contributed by atoms with van der Waals surface area (Å²) >= 11 is 0. The summed E-state index contributed by atoms with van der Waals surface area (Å²) in [6, 6.07) is 2.68. The summed E-state index contributed by atoms with van der Waals surface area (Å²) in [6.07, 6.45) is 6.07. The molecule has 0 aliphatic carbocycles. The van der Waals surface area contributed by atoms with Crippen LogP contribution in [0.2, 0.25) is 0 Å². The van der Waals surface area contributed by atoms with E-state index in [1.165, 1.54) is 25.8 Å². The fourth-order valence-corrected chi connectivity index (χ4v) is 3.01. The SMILES string of the molecule is C=C[C@H]1[C@@H]2CC[C@@H](CN2)N1C(C)CC. The zero-order valence-corrected chi connectivity index (χ0v) is 9.37. The third-order valence-electron chi connectivity index (χ3n) is 3.95. The minimum atomic E-state index is 0.567. The van der Waals surface area contributed by atoms with Crippen molar-refractivity contribution in [3.05, 3.63) is 12.7 Å². The first-order valence-electron chi connectivity index (χ1n) is 5.91. The van der Waals surface area contributed by atoms with Crippen LogP contribution in [-0.4, -0.2) is 35.6 Å². The van der Waals surface area contributed by atoms with Crippen LogP contribution in [0.3, 0.4) is 0 Å². The van der Waals surface area contributed by atoms with Crippen LogP contribution in [0.25, 0.3) is 0 Å². The highest BCUT2D eigenvalue weighted by molar-refractivity contribution is 5.07. The van der Waals surface area contributed by atoms with Gasteiger partial charge in [-0.2, -0.15) is 0 Å². The van der Waals surface area contributed by atoms with Crippen LogP contribution in [0.15, 0.2) is 12.7 Å². The molecule has 0 radical (unpaired) electrons. The van der Waals surface area contributed by atoms with Crippen molar-refractivity contribution in [3.8, 4) is 0 Å². The average Bonchev–Trinajstić information content (AvgIpc) is 2.28. The Kier molecular flexibility index (Phi) is 2.93. The minimum absolute atomic E-state index is 0.567. The van der Waals surface area contributed by atoms with Gasteiger partial charge in [-0.05, 0) is 26.2 Å². The Morgan fingerprint density at radius 3 is 2.86 bits per heavy atom. The first-order valence-corrected chi connectivity index (χ1v) is 5.91. The molecule has 3 fully saturated rings. The lowest BCUT2D eigenvalue weighted by atomic mass is 9.85. The Balaban J connectivity index is 2.15. The molecule has 1 N–H and O–H groups in total. The van der Waals surface area contributed by atoms with Crippen molar-refractivity contribution in [1.82, 2.24) is 10.2 Å². The van der Waals surface area contributed by atoms with Gasteiger partial charge in [0, 0.05) is 30.7 Å². The third kappa shape index (κ3) is 1.51. The van der Waals surface area contributed by atoms with Gasteiger partial charge in [0.2, 0.25) is 0 Å². The maximum Gasteiger partial charge on any atom is 0.0435 e. The molecule has 0 aromatic rings. The summed E-state index contributed by atoms with van der Waals surface area (Å²) in [5.41, 5.74) is 0. The second kappa shape index (κ2) is 4.03. The molecule has 3 heterocycles. The minimum Gasteiger partial charge on any atom is -0.311 e. The highest BCUT2D eigenvalue weighted by Gasteiger charge is 2.41. The van der Waals surface area contributed by atoms with Gasteiger partial charge < -0.3 is 5.32 Å². The summed E-state index contributed by atoms with van der Waals surface area (Å²) in [5, 5.41) is 3.62. The van der Waals surface area contributed by atoms with Crippen LogP contribution in [0.5, 0.6) is 0 Å². The average molecular weight is 194 g/mol. The molecule has 0 aromatic heterocycles. The Morgan fingerprint density at radius 1 is 1.57 bits per heavy atom. The van der Waals surface area contributed by atoms with Gasteiger partial charge in [-0.1, -0.05) is 13.0 Å². The lowest BCUT2D eigenvalue weighted by molar-refractivity contribution is 0.00643. The molecule has 0 spiro atoms. The topological polar surface area (TPSA) is 15.3 Å². The summed E-state index contributed by atoms with van der Waals surface area (Å²) in [6.45, 7) is 9.79. The lowest BCUT2D eigenvalue weighted by Gasteiger charge is -2.53. The van der Waals surface area contributed by atoms with Crippen LogP contribution in [0, 0.1) is 0 Å². The molecule has 3 saturated heterocycles. The van der Waals surface area contributed by atoms with Crippen molar-refractivity contribution < 1.29 is 0 Å². The van der Waals surface area contributed by atoms with Crippen molar-refractivity contribution in [2.75, 3.05) is 6.54 Å². The highest BCUT2D eigenvalue weighted by Crippen LogP contribution is 2.30. The quantitative estimate of drug-likeness (QED) is 0.689. The molecule has 80 valence electrons. The molecule has 2 nitrogen and oxygen atoms in total. The molecule has 0 aromatic carbocycles. The van der Waals surface area contributed by atoms with E-state index in [0.717, 1.165) is 6.04 Å². The van der Waals surface area contributed by atoms with Gasteiger partial charge in [-0.3, -0.25) is 4.90 Å². The zero-order valence-electron chi connectivity index (χ0n) is 9.37. The molecular formula is C12H22N2. The zero-order chi connectivity index (χ0) is 10.1. The molecule has 4 atom stereocenters. The molecule has 1 unspecified atom stereocenters. The van der Waals surface area contributed by atoms with Gasteiger partial charge in [-0.25, -0.2) is 0 Å². The smallest absolute Gasteiger partial charge is 0.0435 e. The number of piperazine rings is 1. The number of nitrogens with zero attached hydrogens (tertiary/aromatic N) is 1. The largest absolute Gasteiger partial charge is 0.311 e. The molecule has 2 bridgehead atoms. The predicted octanol–water partition coefficient (Wildman–Crippen LogP) is 1.78. The Bertz CT molecular complexity index is 206. The normalized spacial score (nSPS) is 39.7. The van der Waals surface area contributed by atoms with Gasteiger partial charge in [0.25, 0.3) is 0 Å². The number of hydrogen-bond donors (Lipinski definition) is 1. The molecule has 0 amide bonds. The summed E-state index contributed by atoms with van der Waals surface area (Å²) in [4.78, 5) is 2.68. The summed E-state index contributed by atoms with van der Waals surface area (Å²) < 4.78 is 0. The van der Waals surface area contributed by atoms with E-state index >= 15 is 0 Å². The monoisotopic (exact) mass is 194 g/mol. The Hall–Kier alpha value is -0.340. The van der Waals surface area contributed by atoms with Gasteiger partial charge in [0.15, 0.2) is 0 Å². The number of hydrogen-bond acceptors (Lipinski definition) is 2. The molecule has 3 aliphatic rings. The van der Waals surface area contributed by atoms with E-state index in [2.05, 4.69) is 36.7 Å². The van der Waals surface area contributed by atoms with E-state index in [-0.39, 0.29) is 0 Å². The van der Waals surface area contributed by atoms with E-state index in [0.29, 0.717) is 18.1 Å². The van der Waals surface area contributed by atoms with Crippen LogP contribution >= 0.6 is 0 Å². The second-order valence-electron chi connectivity index (χ2n) is 4.68. The fourth-order valence-electron chi connectivity index (χ4n) is 3.01. The molecule has 3 rings (SSSR count). The van der Waals surface area contributed by atoms with Crippen molar-refractivity contribution in [3.63, 3.8) is 0 Å². The maximum absolute atomic E-state index is 3.99. The molecule has 0 saturated carbocycles. The van der Waals surface area contributed by atoms with Gasteiger partial charge in [0.1, 0.15) is 0 Å². The Morgan fingerprint density at radius 2 is 2.36 bits per heavy atom. The third-order valence-corrected chi connectivity index (χ3v) is 3.95. The standard InChI is InChI=1S/C12H22N2/c1-4-9(3)14-10-6-7-11(13-8-10)12(14)5-2/h5,9-13H,2,4,6-8H2,1,3H3/t9?,10-,11-,12-/m0/s1. The van der Waals surface area contributed by atoms with Crippen molar-refractivity contribution >= 4 is 0 Å². The molecule has 14 heavy (non-hydrogen) atoms. The fraction of sp³-hybridized carbons (Fsp3) is 0.833. The van der Waals surface area contributed by atoms with E-state index < -0.39 is 0 Å². The molecular weight excluding hydrogens is 172 g/mol.